The Balaban J connectivity index is 0.000000486. The van der Waals surface area contributed by atoms with Gasteiger partial charge in [-0.25, -0.2) is 4.79 Å². The van der Waals surface area contributed by atoms with E-state index in [1.54, 1.807) is 13.8 Å². The number of carbonyl (C=O) groups is 3. The first-order chi connectivity index (χ1) is 9.61. The lowest BCUT2D eigenvalue weighted by molar-refractivity contribution is -0.192. The highest BCUT2D eigenvalue weighted by Crippen LogP contribution is 2.26. The summed E-state index contributed by atoms with van der Waals surface area (Å²) in [5, 5.41) is 10.0. The van der Waals surface area contributed by atoms with Crippen LogP contribution in [0.1, 0.15) is 13.8 Å². The van der Waals surface area contributed by atoms with E-state index >= 15 is 0 Å². The number of nitrogens with one attached hydrogen (secondary N) is 1. The summed E-state index contributed by atoms with van der Waals surface area (Å²) in [4.78, 5) is 31.9. The van der Waals surface area contributed by atoms with Gasteiger partial charge in [-0.05, 0) is 13.8 Å². The SMILES string of the molecule is CCOC(=O)C1(C(=O)OCC)CNC1.O=C(O)C(F)(F)F. The Hall–Kier alpha value is -1.84. The van der Waals surface area contributed by atoms with E-state index in [1.165, 1.54) is 0 Å². The number of esters is 2. The van der Waals surface area contributed by atoms with Crippen molar-refractivity contribution in [3.8, 4) is 0 Å². The zero-order chi connectivity index (χ0) is 16.7. The van der Waals surface area contributed by atoms with Crippen molar-refractivity contribution in [1.29, 1.82) is 0 Å². The molecule has 0 spiro atoms. The molecule has 0 saturated carbocycles. The van der Waals surface area contributed by atoms with Gasteiger partial charge in [0.15, 0.2) is 5.41 Å². The fourth-order valence-corrected chi connectivity index (χ4v) is 1.29. The van der Waals surface area contributed by atoms with Crippen molar-refractivity contribution in [1.82, 2.24) is 5.32 Å². The quantitative estimate of drug-likeness (QED) is 0.569. The molecule has 0 radical (unpaired) electrons. The van der Waals surface area contributed by atoms with E-state index in [0.717, 1.165) is 0 Å². The van der Waals surface area contributed by atoms with E-state index in [9.17, 15) is 22.8 Å². The molecule has 0 aromatic carbocycles. The molecule has 0 aliphatic carbocycles. The van der Waals surface area contributed by atoms with Gasteiger partial charge in [-0.2, -0.15) is 13.2 Å². The minimum Gasteiger partial charge on any atom is -0.475 e. The Morgan fingerprint density at radius 2 is 1.43 bits per heavy atom. The van der Waals surface area contributed by atoms with Crippen LogP contribution in [-0.2, 0) is 23.9 Å². The third-order valence-corrected chi connectivity index (χ3v) is 2.43. The lowest BCUT2D eigenvalue weighted by atomic mass is 9.82. The molecule has 122 valence electrons. The second-order valence-electron chi connectivity index (χ2n) is 3.93. The highest BCUT2D eigenvalue weighted by Gasteiger charge is 2.54. The normalized spacial score (nSPS) is 15.9. The van der Waals surface area contributed by atoms with E-state index in [2.05, 4.69) is 5.32 Å². The lowest BCUT2D eigenvalue weighted by Gasteiger charge is -2.37. The number of hydrogen-bond acceptors (Lipinski definition) is 6. The van der Waals surface area contributed by atoms with Crippen LogP contribution in [0.4, 0.5) is 13.2 Å². The van der Waals surface area contributed by atoms with Gasteiger partial charge in [-0.1, -0.05) is 0 Å². The molecule has 2 N–H and O–H groups in total. The monoisotopic (exact) mass is 315 g/mol. The molecule has 1 aliphatic heterocycles. The van der Waals surface area contributed by atoms with Gasteiger partial charge < -0.3 is 19.9 Å². The Labute approximate surface area is 118 Å². The smallest absolute Gasteiger partial charge is 0.475 e. The van der Waals surface area contributed by atoms with Crippen molar-refractivity contribution in [2.45, 2.75) is 20.0 Å². The van der Waals surface area contributed by atoms with Crippen molar-refractivity contribution >= 4 is 17.9 Å². The molecule has 1 fully saturated rings. The third-order valence-electron chi connectivity index (χ3n) is 2.43. The van der Waals surface area contributed by atoms with E-state index in [4.69, 9.17) is 19.4 Å². The summed E-state index contributed by atoms with van der Waals surface area (Å²) < 4.78 is 41.4. The largest absolute Gasteiger partial charge is 0.490 e. The van der Waals surface area contributed by atoms with Gasteiger partial charge in [0.1, 0.15) is 0 Å². The van der Waals surface area contributed by atoms with Gasteiger partial charge in [0.2, 0.25) is 0 Å². The summed E-state index contributed by atoms with van der Waals surface area (Å²) >= 11 is 0. The van der Waals surface area contributed by atoms with Gasteiger partial charge >= 0.3 is 24.1 Å². The van der Waals surface area contributed by atoms with Crippen molar-refractivity contribution < 1.29 is 42.1 Å². The Bertz CT molecular complexity index is 372. The van der Waals surface area contributed by atoms with E-state index in [0.29, 0.717) is 13.1 Å². The Morgan fingerprint density at radius 3 is 1.57 bits per heavy atom. The highest BCUT2D eigenvalue weighted by atomic mass is 19.4. The molecule has 21 heavy (non-hydrogen) atoms. The van der Waals surface area contributed by atoms with Gasteiger partial charge in [0.05, 0.1) is 13.2 Å². The predicted octanol–water partition coefficient (Wildman–Crippen LogP) is 0.335. The topological polar surface area (TPSA) is 102 Å². The zero-order valence-electron chi connectivity index (χ0n) is 11.5. The molecule has 0 amide bonds. The van der Waals surface area contributed by atoms with Crippen molar-refractivity contribution in [3.63, 3.8) is 0 Å². The van der Waals surface area contributed by atoms with Crippen LogP contribution in [0.3, 0.4) is 0 Å². The fraction of sp³-hybridized carbons (Fsp3) is 0.727. The predicted molar refractivity (Wildman–Crippen MR) is 62.3 cm³/mol. The Morgan fingerprint density at radius 1 is 1.10 bits per heavy atom. The highest BCUT2D eigenvalue weighted by molar-refractivity contribution is 6.01. The first-order valence-corrected chi connectivity index (χ1v) is 5.97. The molecule has 1 heterocycles. The number of carbonyl (C=O) groups excluding carboxylic acids is 2. The number of carboxylic acids is 1. The van der Waals surface area contributed by atoms with Crippen molar-refractivity contribution in [2.24, 2.45) is 5.41 Å². The first kappa shape index (κ1) is 19.2. The molecule has 10 heteroatoms. The molecule has 0 bridgehead atoms. The molecule has 0 unspecified atom stereocenters. The summed E-state index contributed by atoms with van der Waals surface area (Å²) in [6.45, 7) is 4.60. The molecule has 0 aromatic heterocycles. The van der Waals surface area contributed by atoms with Gasteiger partial charge in [0.25, 0.3) is 0 Å². The van der Waals surface area contributed by atoms with Crippen molar-refractivity contribution in [3.05, 3.63) is 0 Å². The van der Waals surface area contributed by atoms with Crippen LogP contribution < -0.4 is 5.32 Å². The van der Waals surface area contributed by atoms with Crippen molar-refractivity contribution in [2.75, 3.05) is 26.3 Å². The van der Waals surface area contributed by atoms with Crippen LogP contribution in [0.5, 0.6) is 0 Å². The maximum absolute atomic E-state index is 11.5. The van der Waals surface area contributed by atoms with Gasteiger partial charge in [-0.15, -0.1) is 0 Å². The Kier molecular flexibility index (Phi) is 7.13. The molecular weight excluding hydrogens is 299 g/mol. The summed E-state index contributed by atoms with van der Waals surface area (Å²) in [6.07, 6.45) is -5.08. The fourth-order valence-electron chi connectivity index (χ4n) is 1.29. The number of ether oxygens (including phenoxy) is 2. The molecule has 7 nitrogen and oxygen atoms in total. The van der Waals surface area contributed by atoms with Crippen LogP contribution >= 0.6 is 0 Å². The van der Waals surface area contributed by atoms with E-state index in [-0.39, 0.29) is 13.2 Å². The van der Waals surface area contributed by atoms with Gasteiger partial charge in [0, 0.05) is 13.1 Å². The van der Waals surface area contributed by atoms with E-state index in [1.807, 2.05) is 0 Å². The second-order valence-corrected chi connectivity index (χ2v) is 3.93. The minimum absolute atomic E-state index is 0.278. The number of halogens is 3. The average Bonchev–Trinajstić information content (AvgIpc) is 2.27. The number of carboxylic acid groups (broad SMARTS) is 1. The molecule has 1 saturated heterocycles. The molecular formula is C11H16F3NO6. The average molecular weight is 315 g/mol. The maximum atomic E-state index is 11.5. The number of aliphatic carboxylic acids is 1. The van der Waals surface area contributed by atoms with Crippen LogP contribution in [-0.4, -0.2) is 55.5 Å². The summed E-state index contributed by atoms with van der Waals surface area (Å²) in [5.41, 5.74) is -1.09. The van der Waals surface area contributed by atoms with Crippen LogP contribution in [0.15, 0.2) is 0 Å². The maximum Gasteiger partial charge on any atom is 0.490 e. The summed E-state index contributed by atoms with van der Waals surface area (Å²) in [6, 6.07) is 0. The van der Waals surface area contributed by atoms with Crippen LogP contribution in [0.25, 0.3) is 0 Å². The zero-order valence-corrected chi connectivity index (χ0v) is 11.5. The van der Waals surface area contributed by atoms with Crippen LogP contribution in [0.2, 0.25) is 0 Å². The van der Waals surface area contributed by atoms with E-state index < -0.39 is 29.5 Å². The standard InChI is InChI=1S/C9H15NO4.C2HF3O2/c1-3-13-7(11)9(5-10-6-9)8(12)14-4-2;3-2(4,5)1(6)7/h10H,3-6H2,1-2H3;(H,6,7). The summed E-state index contributed by atoms with van der Waals surface area (Å²) in [7, 11) is 0. The molecule has 1 aliphatic rings. The molecule has 0 aromatic rings. The number of rotatable bonds is 4. The minimum atomic E-state index is -5.08. The molecule has 0 atom stereocenters. The lowest BCUT2D eigenvalue weighted by Crippen LogP contribution is -2.63. The first-order valence-electron chi connectivity index (χ1n) is 5.97. The second kappa shape index (κ2) is 7.81. The summed E-state index contributed by atoms with van der Waals surface area (Å²) in [5.74, 6) is -3.73. The van der Waals surface area contributed by atoms with Crippen LogP contribution in [0, 0.1) is 5.41 Å². The number of alkyl halides is 3. The molecule has 1 rings (SSSR count). The third kappa shape index (κ3) is 5.21. The number of hydrogen-bond donors (Lipinski definition) is 2. The van der Waals surface area contributed by atoms with Gasteiger partial charge in [-0.3, -0.25) is 9.59 Å².